The van der Waals surface area contributed by atoms with Gasteiger partial charge in [0, 0.05) is 19.6 Å². The van der Waals surface area contributed by atoms with E-state index in [4.69, 9.17) is 5.11 Å². The number of piperidine rings is 1. The SMILES string of the molecule is C=CCN(CCO)C(=O)N1CCCC(C)C1C(=O)O. The van der Waals surface area contributed by atoms with E-state index < -0.39 is 12.0 Å². The summed E-state index contributed by atoms with van der Waals surface area (Å²) < 4.78 is 0. The Morgan fingerprint density at radius 2 is 2.21 bits per heavy atom. The molecule has 1 aliphatic heterocycles. The van der Waals surface area contributed by atoms with Crippen molar-refractivity contribution in [2.24, 2.45) is 5.92 Å². The largest absolute Gasteiger partial charge is 0.480 e. The number of likely N-dealkylation sites (tertiary alicyclic amines) is 1. The molecule has 108 valence electrons. The second-order valence-electron chi connectivity index (χ2n) is 4.84. The lowest BCUT2D eigenvalue weighted by atomic mass is 9.91. The Bertz CT molecular complexity index is 346. The van der Waals surface area contributed by atoms with E-state index in [1.807, 2.05) is 6.92 Å². The van der Waals surface area contributed by atoms with Gasteiger partial charge in [0.1, 0.15) is 6.04 Å². The number of aliphatic hydroxyl groups is 1. The minimum atomic E-state index is -0.969. The Kier molecular flexibility index (Phi) is 5.82. The van der Waals surface area contributed by atoms with Crippen molar-refractivity contribution in [1.82, 2.24) is 9.80 Å². The van der Waals surface area contributed by atoms with Crippen molar-refractivity contribution in [2.45, 2.75) is 25.8 Å². The number of hydrogen-bond acceptors (Lipinski definition) is 3. The average Bonchev–Trinajstić information content (AvgIpc) is 2.37. The molecule has 0 bridgehead atoms. The quantitative estimate of drug-likeness (QED) is 0.723. The molecule has 1 rings (SSSR count). The number of nitrogens with zero attached hydrogens (tertiary/aromatic N) is 2. The molecule has 0 aliphatic carbocycles. The van der Waals surface area contributed by atoms with E-state index >= 15 is 0 Å². The number of amides is 2. The fourth-order valence-corrected chi connectivity index (χ4v) is 2.50. The normalized spacial score (nSPS) is 22.9. The topological polar surface area (TPSA) is 81.1 Å². The number of aliphatic carboxylic acids is 1. The van der Waals surface area contributed by atoms with Crippen molar-refractivity contribution < 1.29 is 19.8 Å². The first kappa shape index (κ1) is 15.5. The van der Waals surface area contributed by atoms with E-state index in [0.717, 1.165) is 12.8 Å². The molecule has 6 heteroatoms. The molecule has 2 N–H and O–H groups in total. The van der Waals surface area contributed by atoms with Crippen LogP contribution in [0.1, 0.15) is 19.8 Å². The number of hydrogen-bond donors (Lipinski definition) is 2. The van der Waals surface area contributed by atoms with Crippen LogP contribution < -0.4 is 0 Å². The van der Waals surface area contributed by atoms with Crippen molar-refractivity contribution in [1.29, 1.82) is 0 Å². The molecule has 0 radical (unpaired) electrons. The van der Waals surface area contributed by atoms with E-state index in [2.05, 4.69) is 6.58 Å². The fraction of sp³-hybridized carbons (Fsp3) is 0.692. The van der Waals surface area contributed by atoms with Crippen LogP contribution in [0.5, 0.6) is 0 Å². The van der Waals surface area contributed by atoms with Gasteiger partial charge < -0.3 is 20.0 Å². The Labute approximate surface area is 113 Å². The highest BCUT2D eigenvalue weighted by Gasteiger charge is 2.38. The molecule has 1 heterocycles. The van der Waals surface area contributed by atoms with Gasteiger partial charge in [-0.05, 0) is 18.8 Å². The maximum atomic E-state index is 12.4. The maximum absolute atomic E-state index is 12.4. The van der Waals surface area contributed by atoms with Crippen LogP contribution in [-0.4, -0.2) is 64.3 Å². The maximum Gasteiger partial charge on any atom is 0.326 e. The van der Waals surface area contributed by atoms with Crippen LogP contribution in [-0.2, 0) is 4.79 Å². The molecule has 19 heavy (non-hydrogen) atoms. The van der Waals surface area contributed by atoms with Crippen molar-refractivity contribution in [3.63, 3.8) is 0 Å². The summed E-state index contributed by atoms with van der Waals surface area (Å²) in [6.45, 7) is 6.19. The third kappa shape index (κ3) is 3.70. The predicted octanol–water partition coefficient (Wildman–Crippen LogP) is 0.772. The zero-order valence-electron chi connectivity index (χ0n) is 11.3. The van der Waals surface area contributed by atoms with Gasteiger partial charge in [-0.3, -0.25) is 0 Å². The number of carboxylic acids is 1. The lowest BCUT2D eigenvalue weighted by Gasteiger charge is -2.39. The minimum absolute atomic E-state index is 0.0603. The molecule has 0 saturated carbocycles. The van der Waals surface area contributed by atoms with Crippen molar-refractivity contribution >= 4 is 12.0 Å². The summed E-state index contributed by atoms with van der Waals surface area (Å²) in [6, 6.07) is -1.12. The van der Waals surface area contributed by atoms with E-state index in [-0.39, 0.29) is 25.1 Å². The molecular formula is C13H22N2O4. The highest BCUT2D eigenvalue weighted by atomic mass is 16.4. The van der Waals surface area contributed by atoms with Crippen LogP contribution in [0.15, 0.2) is 12.7 Å². The van der Waals surface area contributed by atoms with Crippen LogP contribution >= 0.6 is 0 Å². The van der Waals surface area contributed by atoms with Crippen molar-refractivity contribution in [3.8, 4) is 0 Å². The summed E-state index contributed by atoms with van der Waals surface area (Å²) >= 11 is 0. The van der Waals surface area contributed by atoms with Crippen molar-refractivity contribution in [2.75, 3.05) is 26.2 Å². The second-order valence-corrected chi connectivity index (χ2v) is 4.84. The van der Waals surface area contributed by atoms with E-state index in [0.29, 0.717) is 13.1 Å². The number of aliphatic hydroxyl groups excluding tert-OH is 1. The first-order chi connectivity index (χ1) is 9.02. The van der Waals surface area contributed by atoms with Crippen LogP contribution in [0.4, 0.5) is 4.79 Å². The van der Waals surface area contributed by atoms with Crippen LogP contribution in [0.25, 0.3) is 0 Å². The lowest BCUT2D eigenvalue weighted by Crippen LogP contribution is -2.56. The summed E-state index contributed by atoms with van der Waals surface area (Å²) in [7, 11) is 0. The van der Waals surface area contributed by atoms with Gasteiger partial charge in [-0.25, -0.2) is 9.59 Å². The zero-order chi connectivity index (χ0) is 14.4. The monoisotopic (exact) mass is 270 g/mol. The molecule has 2 atom stereocenters. The number of carbonyl (C=O) groups excluding carboxylic acids is 1. The lowest BCUT2D eigenvalue weighted by molar-refractivity contribution is -0.145. The predicted molar refractivity (Wildman–Crippen MR) is 70.8 cm³/mol. The molecule has 0 spiro atoms. The smallest absolute Gasteiger partial charge is 0.326 e. The average molecular weight is 270 g/mol. The van der Waals surface area contributed by atoms with Crippen LogP contribution in [0.3, 0.4) is 0 Å². The van der Waals surface area contributed by atoms with Gasteiger partial charge >= 0.3 is 12.0 Å². The molecule has 0 aromatic heterocycles. The molecule has 0 aromatic rings. The molecule has 1 fully saturated rings. The van der Waals surface area contributed by atoms with Crippen LogP contribution in [0, 0.1) is 5.92 Å². The molecule has 6 nitrogen and oxygen atoms in total. The van der Waals surface area contributed by atoms with Crippen LogP contribution in [0.2, 0.25) is 0 Å². The number of carbonyl (C=O) groups is 2. The Hall–Kier alpha value is -1.56. The number of carboxylic acid groups (broad SMARTS) is 1. The van der Waals surface area contributed by atoms with Gasteiger partial charge in [-0.2, -0.15) is 0 Å². The molecule has 1 aliphatic rings. The first-order valence-corrected chi connectivity index (χ1v) is 6.53. The standard InChI is InChI=1S/C13H22N2O4/c1-3-6-14(8-9-16)13(19)15-7-4-5-10(2)11(15)12(17)18/h3,10-11,16H,1,4-9H2,2H3,(H,17,18). The van der Waals surface area contributed by atoms with E-state index in [9.17, 15) is 14.7 Å². The van der Waals surface area contributed by atoms with Gasteiger partial charge in [-0.15, -0.1) is 6.58 Å². The van der Waals surface area contributed by atoms with E-state index in [1.54, 1.807) is 6.08 Å². The zero-order valence-corrected chi connectivity index (χ0v) is 11.3. The number of urea groups is 1. The van der Waals surface area contributed by atoms with Gasteiger partial charge in [0.25, 0.3) is 0 Å². The fourth-order valence-electron chi connectivity index (χ4n) is 2.50. The summed E-state index contributed by atoms with van der Waals surface area (Å²) in [5, 5.41) is 18.3. The van der Waals surface area contributed by atoms with Gasteiger partial charge in [0.05, 0.1) is 6.61 Å². The molecule has 2 unspecified atom stereocenters. The summed E-state index contributed by atoms with van der Waals surface area (Å²) in [6.07, 6.45) is 3.18. The first-order valence-electron chi connectivity index (χ1n) is 6.53. The molecule has 2 amide bonds. The third-order valence-corrected chi connectivity index (χ3v) is 3.42. The third-order valence-electron chi connectivity index (χ3n) is 3.42. The Morgan fingerprint density at radius 3 is 2.74 bits per heavy atom. The summed E-state index contributed by atoms with van der Waals surface area (Å²) in [5.74, 6) is -1.03. The van der Waals surface area contributed by atoms with Gasteiger partial charge in [0.2, 0.25) is 0 Å². The van der Waals surface area contributed by atoms with Gasteiger partial charge in [-0.1, -0.05) is 13.0 Å². The highest BCUT2D eigenvalue weighted by molar-refractivity contribution is 5.83. The van der Waals surface area contributed by atoms with E-state index in [1.165, 1.54) is 9.80 Å². The van der Waals surface area contributed by atoms with Gasteiger partial charge in [0.15, 0.2) is 0 Å². The highest BCUT2D eigenvalue weighted by Crippen LogP contribution is 2.24. The molecule has 0 aromatic carbocycles. The van der Waals surface area contributed by atoms with Crippen molar-refractivity contribution in [3.05, 3.63) is 12.7 Å². The molecular weight excluding hydrogens is 248 g/mol. The summed E-state index contributed by atoms with van der Waals surface area (Å²) in [4.78, 5) is 26.5. The molecule has 1 saturated heterocycles. The number of rotatable bonds is 5. The summed E-state index contributed by atoms with van der Waals surface area (Å²) in [5.41, 5.74) is 0. The Balaban J connectivity index is 2.86. The Morgan fingerprint density at radius 1 is 1.53 bits per heavy atom. The minimum Gasteiger partial charge on any atom is -0.480 e. The second kappa shape index (κ2) is 7.13.